The van der Waals surface area contributed by atoms with E-state index in [1.807, 2.05) is 0 Å². The van der Waals surface area contributed by atoms with Crippen LogP contribution in [0.3, 0.4) is 0 Å². The molecule has 3 heterocycles. The van der Waals surface area contributed by atoms with Gasteiger partial charge in [-0.2, -0.15) is 4.31 Å². The summed E-state index contributed by atoms with van der Waals surface area (Å²) in [5, 5.41) is 3.46. The number of methoxy groups -OCH3 is 2. The van der Waals surface area contributed by atoms with Gasteiger partial charge in [-0.15, -0.1) is 23.7 Å². The SMILES string of the molecule is COC(=O)c1cc(OC)c(S(=O)(=O)N2CCC3CCC(C2)N3)s1.Cl. The smallest absolute Gasteiger partial charge is 0.348 e. The Labute approximate surface area is 151 Å². The van der Waals surface area contributed by atoms with Crippen molar-refractivity contribution in [1.82, 2.24) is 9.62 Å². The molecule has 1 aromatic heterocycles. The summed E-state index contributed by atoms with van der Waals surface area (Å²) in [6.07, 6.45) is 2.90. The molecule has 2 fully saturated rings. The first-order valence-electron chi connectivity index (χ1n) is 7.48. The van der Waals surface area contributed by atoms with E-state index in [0.29, 0.717) is 19.1 Å². The maximum atomic E-state index is 13.0. The Kier molecular flexibility index (Phi) is 6.14. The van der Waals surface area contributed by atoms with Gasteiger partial charge in [-0.05, 0) is 19.3 Å². The van der Waals surface area contributed by atoms with Crippen LogP contribution in [0.15, 0.2) is 10.3 Å². The lowest BCUT2D eigenvalue weighted by atomic mass is 10.1. The first-order valence-corrected chi connectivity index (χ1v) is 9.73. The molecule has 1 N–H and O–H groups in total. The van der Waals surface area contributed by atoms with Gasteiger partial charge in [-0.25, -0.2) is 13.2 Å². The molecule has 2 bridgehead atoms. The van der Waals surface area contributed by atoms with Gasteiger partial charge in [0.05, 0.1) is 14.2 Å². The van der Waals surface area contributed by atoms with Crippen LogP contribution in [0.25, 0.3) is 0 Å². The molecular formula is C14H21ClN2O5S2. The first kappa shape index (κ1) is 19.5. The number of rotatable bonds is 4. The van der Waals surface area contributed by atoms with Gasteiger partial charge in [-0.1, -0.05) is 0 Å². The topological polar surface area (TPSA) is 84.9 Å². The van der Waals surface area contributed by atoms with Crippen LogP contribution >= 0.6 is 23.7 Å². The molecule has 7 nitrogen and oxygen atoms in total. The highest BCUT2D eigenvalue weighted by Crippen LogP contribution is 2.37. The van der Waals surface area contributed by atoms with Crippen molar-refractivity contribution in [3.05, 3.63) is 10.9 Å². The van der Waals surface area contributed by atoms with Crippen molar-refractivity contribution >= 4 is 39.7 Å². The van der Waals surface area contributed by atoms with Crippen LogP contribution in [0, 0.1) is 0 Å². The van der Waals surface area contributed by atoms with Crippen molar-refractivity contribution in [1.29, 1.82) is 0 Å². The molecule has 0 aliphatic carbocycles. The molecule has 0 radical (unpaired) electrons. The third-order valence-corrected chi connectivity index (χ3v) is 7.79. The van der Waals surface area contributed by atoms with E-state index in [1.54, 1.807) is 0 Å². The zero-order valence-electron chi connectivity index (χ0n) is 13.5. The number of hydrogen-bond donors (Lipinski definition) is 1. The van der Waals surface area contributed by atoms with Crippen molar-refractivity contribution in [3.63, 3.8) is 0 Å². The van der Waals surface area contributed by atoms with E-state index in [2.05, 4.69) is 10.1 Å². The van der Waals surface area contributed by atoms with E-state index >= 15 is 0 Å². The molecule has 0 saturated carbocycles. The van der Waals surface area contributed by atoms with Gasteiger partial charge < -0.3 is 14.8 Å². The molecule has 2 unspecified atom stereocenters. The van der Waals surface area contributed by atoms with E-state index in [1.165, 1.54) is 24.6 Å². The maximum absolute atomic E-state index is 13.0. The average Bonchev–Trinajstić information content (AvgIpc) is 3.09. The molecule has 2 saturated heterocycles. The fourth-order valence-electron chi connectivity index (χ4n) is 3.13. The lowest BCUT2D eigenvalue weighted by Crippen LogP contribution is -2.38. The van der Waals surface area contributed by atoms with Crippen LogP contribution < -0.4 is 10.1 Å². The predicted octanol–water partition coefficient (Wildman–Crippen LogP) is 1.48. The Morgan fingerprint density at radius 3 is 2.67 bits per heavy atom. The van der Waals surface area contributed by atoms with Crippen LogP contribution in [-0.4, -0.2) is 58.1 Å². The summed E-state index contributed by atoms with van der Waals surface area (Å²) in [5.74, 6) is -0.371. The number of thiophene rings is 1. The minimum atomic E-state index is -3.69. The fraction of sp³-hybridized carbons (Fsp3) is 0.643. The van der Waals surface area contributed by atoms with Gasteiger partial charge in [-0.3, -0.25) is 0 Å². The average molecular weight is 397 g/mol. The minimum Gasteiger partial charge on any atom is -0.494 e. The molecule has 0 amide bonds. The first-order chi connectivity index (χ1) is 11.0. The van der Waals surface area contributed by atoms with Gasteiger partial charge >= 0.3 is 5.97 Å². The van der Waals surface area contributed by atoms with E-state index < -0.39 is 16.0 Å². The highest BCUT2D eigenvalue weighted by atomic mass is 35.5. The number of hydrogen-bond acceptors (Lipinski definition) is 7. The third kappa shape index (κ3) is 3.55. The summed E-state index contributed by atoms with van der Waals surface area (Å²) >= 11 is 0.895. The lowest BCUT2D eigenvalue weighted by molar-refractivity contribution is 0.0606. The Morgan fingerprint density at radius 1 is 1.29 bits per heavy atom. The summed E-state index contributed by atoms with van der Waals surface area (Å²) in [4.78, 5) is 11.9. The minimum absolute atomic E-state index is 0. The second-order valence-electron chi connectivity index (χ2n) is 5.75. The monoisotopic (exact) mass is 396 g/mol. The number of halogens is 1. The predicted molar refractivity (Wildman–Crippen MR) is 92.8 cm³/mol. The van der Waals surface area contributed by atoms with Crippen LogP contribution in [0.4, 0.5) is 0 Å². The summed E-state index contributed by atoms with van der Waals surface area (Å²) in [6, 6.07) is 2.02. The van der Waals surface area contributed by atoms with Gasteiger partial charge in [0, 0.05) is 31.2 Å². The lowest BCUT2D eigenvalue weighted by Gasteiger charge is -2.23. The molecule has 2 aliphatic heterocycles. The van der Waals surface area contributed by atoms with Gasteiger partial charge in [0.25, 0.3) is 10.0 Å². The quantitative estimate of drug-likeness (QED) is 0.776. The molecule has 2 aliphatic rings. The van der Waals surface area contributed by atoms with Gasteiger partial charge in [0.15, 0.2) is 9.96 Å². The standard InChI is InChI=1S/C14H20N2O5S2.ClH/c1-20-11-7-12(13(17)21-2)22-14(11)23(18,19)16-6-5-9-3-4-10(8-16)15-9;/h7,9-10,15H,3-6,8H2,1-2H3;1H. The zero-order valence-corrected chi connectivity index (χ0v) is 15.9. The number of ether oxygens (including phenoxy) is 2. The Morgan fingerprint density at radius 2 is 2.00 bits per heavy atom. The Bertz CT molecular complexity index is 706. The number of fused-ring (bicyclic) bond motifs is 2. The summed E-state index contributed by atoms with van der Waals surface area (Å²) in [6.45, 7) is 0.929. The molecule has 0 aromatic carbocycles. The second kappa shape index (κ2) is 7.57. The number of esters is 1. The van der Waals surface area contributed by atoms with E-state index in [-0.39, 0.29) is 33.3 Å². The van der Waals surface area contributed by atoms with Crippen LogP contribution in [0.5, 0.6) is 5.75 Å². The normalized spacial score (nSPS) is 24.1. The summed E-state index contributed by atoms with van der Waals surface area (Å²) in [5.41, 5.74) is 0. The second-order valence-corrected chi connectivity index (χ2v) is 8.93. The van der Waals surface area contributed by atoms with Crippen molar-refractivity contribution in [2.45, 2.75) is 35.6 Å². The van der Waals surface area contributed by atoms with E-state index in [0.717, 1.165) is 30.6 Å². The molecule has 24 heavy (non-hydrogen) atoms. The number of carbonyl (C=O) groups is 1. The molecule has 0 spiro atoms. The van der Waals surface area contributed by atoms with Crippen molar-refractivity contribution in [3.8, 4) is 5.75 Å². The third-order valence-electron chi connectivity index (χ3n) is 4.33. The van der Waals surface area contributed by atoms with Crippen molar-refractivity contribution in [2.24, 2.45) is 0 Å². The number of sulfonamides is 1. The van der Waals surface area contributed by atoms with Gasteiger partial charge in [0.2, 0.25) is 0 Å². The Balaban J connectivity index is 0.00000208. The van der Waals surface area contributed by atoms with Crippen molar-refractivity contribution in [2.75, 3.05) is 27.3 Å². The van der Waals surface area contributed by atoms with Crippen molar-refractivity contribution < 1.29 is 22.7 Å². The highest BCUT2D eigenvalue weighted by Gasteiger charge is 2.37. The van der Waals surface area contributed by atoms with E-state index in [4.69, 9.17) is 4.74 Å². The fourth-order valence-corrected chi connectivity index (χ4v) is 6.26. The largest absolute Gasteiger partial charge is 0.494 e. The molecular weight excluding hydrogens is 376 g/mol. The molecule has 10 heteroatoms. The van der Waals surface area contributed by atoms with Crippen LogP contribution in [0.2, 0.25) is 0 Å². The van der Waals surface area contributed by atoms with E-state index in [9.17, 15) is 13.2 Å². The molecule has 3 rings (SSSR count). The number of nitrogens with zero attached hydrogens (tertiary/aromatic N) is 1. The number of nitrogens with one attached hydrogen (secondary N) is 1. The van der Waals surface area contributed by atoms with Crippen LogP contribution in [0.1, 0.15) is 28.9 Å². The Hall–Kier alpha value is -0.870. The summed E-state index contributed by atoms with van der Waals surface area (Å²) < 4.78 is 37.4. The summed E-state index contributed by atoms with van der Waals surface area (Å²) in [7, 11) is -1.03. The molecule has 136 valence electrons. The maximum Gasteiger partial charge on any atom is 0.348 e. The number of carbonyl (C=O) groups excluding carboxylic acids is 1. The molecule has 1 aromatic rings. The van der Waals surface area contributed by atoms with Gasteiger partial charge in [0.1, 0.15) is 4.88 Å². The highest BCUT2D eigenvalue weighted by molar-refractivity contribution is 7.91. The van der Waals surface area contributed by atoms with Crippen LogP contribution in [-0.2, 0) is 14.8 Å². The zero-order chi connectivity index (χ0) is 16.6. The molecule has 2 atom stereocenters.